The number of H-pyrrole nitrogens is 1. The summed E-state index contributed by atoms with van der Waals surface area (Å²) in [6.07, 6.45) is 4.92. The van der Waals surface area contributed by atoms with Crippen LogP contribution in [0.2, 0.25) is 0 Å². The molecule has 0 spiro atoms. The number of anilines is 2. The molecule has 5 aromatic heterocycles. The number of fused-ring (bicyclic) bond motifs is 2. The topological polar surface area (TPSA) is 70.9 Å². The van der Waals surface area contributed by atoms with E-state index < -0.39 is 0 Å². The minimum Gasteiger partial charge on any atom is -0.346 e. The van der Waals surface area contributed by atoms with Crippen molar-refractivity contribution in [2.24, 2.45) is 0 Å². The molecule has 2 N–H and O–H groups in total. The molecule has 5 heterocycles. The lowest BCUT2D eigenvalue weighted by Crippen LogP contribution is -1.95. The van der Waals surface area contributed by atoms with Crippen LogP contribution < -0.4 is 5.32 Å². The highest BCUT2D eigenvalue weighted by atomic mass is 19.1. The summed E-state index contributed by atoms with van der Waals surface area (Å²) in [5.41, 5.74) is 3.75. The monoisotopic (exact) mass is 358 g/mol. The molecule has 5 aromatic rings. The van der Waals surface area contributed by atoms with Crippen LogP contribution in [0.1, 0.15) is 5.69 Å². The van der Waals surface area contributed by atoms with E-state index in [9.17, 15) is 4.39 Å². The summed E-state index contributed by atoms with van der Waals surface area (Å²) >= 11 is 0. The van der Waals surface area contributed by atoms with Crippen LogP contribution in [-0.2, 0) is 0 Å². The smallest absolute Gasteiger partial charge is 0.154 e. The highest BCUT2D eigenvalue weighted by Crippen LogP contribution is 2.26. The van der Waals surface area contributed by atoms with Gasteiger partial charge in [0.05, 0.1) is 11.7 Å². The van der Waals surface area contributed by atoms with Gasteiger partial charge in [-0.3, -0.25) is 4.98 Å². The van der Waals surface area contributed by atoms with Crippen LogP contribution in [0, 0.1) is 12.7 Å². The Morgan fingerprint density at radius 3 is 2.93 bits per heavy atom. The van der Waals surface area contributed by atoms with Crippen LogP contribution in [0.5, 0.6) is 0 Å². The quantitative estimate of drug-likeness (QED) is 0.499. The normalized spacial score (nSPS) is 11.3. The Kier molecular flexibility index (Phi) is 3.39. The molecule has 0 atom stereocenters. The van der Waals surface area contributed by atoms with Gasteiger partial charge in [-0.1, -0.05) is 0 Å². The van der Waals surface area contributed by atoms with Crippen LogP contribution in [-0.4, -0.2) is 24.6 Å². The first-order chi connectivity index (χ1) is 13.2. The highest BCUT2D eigenvalue weighted by Gasteiger charge is 2.09. The predicted octanol–water partition coefficient (Wildman–Crippen LogP) is 4.46. The first-order valence-electron chi connectivity index (χ1n) is 8.49. The maximum Gasteiger partial charge on any atom is 0.154 e. The SMILES string of the molecule is Cc1cc(-c2ccn3nc(Nc4ccc5cc[nH]c5n4)cc3c2)c(F)cn1. The van der Waals surface area contributed by atoms with E-state index in [1.165, 1.54) is 6.20 Å². The summed E-state index contributed by atoms with van der Waals surface area (Å²) in [7, 11) is 0. The Bertz CT molecular complexity index is 1290. The summed E-state index contributed by atoms with van der Waals surface area (Å²) < 4.78 is 15.9. The number of pyridine rings is 3. The van der Waals surface area contributed by atoms with Gasteiger partial charge in [0.15, 0.2) is 5.82 Å². The van der Waals surface area contributed by atoms with Crippen LogP contribution in [0.3, 0.4) is 0 Å². The fourth-order valence-electron chi connectivity index (χ4n) is 3.12. The molecule has 0 aliphatic rings. The van der Waals surface area contributed by atoms with E-state index in [1.807, 2.05) is 55.7 Å². The molecule has 0 fully saturated rings. The van der Waals surface area contributed by atoms with Crippen molar-refractivity contribution in [3.63, 3.8) is 0 Å². The third-order valence-electron chi connectivity index (χ3n) is 4.43. The Morgan fingerprint density at radius 1 is 1.07 bits per heavy atom. The van der Waals surface area contributed by atoms with Gasteiger partial charge in [0.2, 0.25) is 0 Å². The number of nitrogens with zero attached hydrogens (tertiary/aromatic N) is 4. The minimum absolute atomic E-state index is 0.341. The molecule has 0 radical (unpaired) electrons. The number of hydrogen-bond donors (Lipinski definition) is 2. The van der Waals surface area contributed by atoms with Crippen LogP contribution in [0.15, 0.2) is 61.1 Å². The van der Waals surface area contributed by atoms with E-state index in [4.69, 9.17) is 0 Å². The van der Waals surface area contributed by atoms with Crippen LogP contribution in [0.25, 0.3) is 27.7 Å². The van der Waals surface area contributed by atoms with Gasteiger partial charge in [0.25, 0.3) is 0 Å². The van der Waals surface area contributed by atoms with E-state index in [2.05, 4.69) is 25.4 Å². The summed E-state index contributed by atoms with van der Waals surface area (Å²) in [5.74, 6) is 1.02. The summed E-state index contributed by atoms with van der Waals surface area (Å²) in [6.45, 7) is 1.84. The molecule has 0 amide bonds. The van der Waals surface area contributed by atoms with Crippen LogP contribution in [0.4, 0.5) is 16.0 Å². The van der Waals surface area contributed by atoms with Gasteiger partial charge < -0.3 is 10.3 Å². The van der Waals surface area contributed by atoms with Gasteiger partial charge in [0.1, 0.15) is 17.3 Å². The lowest BCUT2D eigenvalue weighted by Gasteiger charge is -2.04. The first-order valence-corrected chi connectivity index (χ1v) is 8.49. The van der Waals surface area contributed by atoms with Crippen molar-refractivity contribution in [1.29, 1.82) is 0 Å². The fourth-order valence-corrected chi connectivity index (χ4v) is 3.12. The van der Waals surface area contributed by atoms with Gasteiger partial charge in [-0.2, -0.15) is 5.10 Å². The number of hydrogen-bond acceptors (Lipinski definition) is 4. The predicted molar refractivity (Wildman–Crippen MR) is 102 cm³/mol. The summed E-state index contributed by atoms with van der Waals surface area (Å²) in [5, 5.41) is 8.76. The molecule has 27 heavy (non-hydrogen) atoms. The maximum absolute atomic E-state index is 14.1. The zero-order valence-electron chi connectivity index (χ0n) is 14.4. The van der Waals surface area contributed by atoms with E-state index in [0.717, 1.165) is 27.8 Å². The number of aryl methyl sites for hydroxylation is 1. The Hall–Kier alpha value is -3.74. The van der Waals surface area contributed by atoms with Gasteiger partial charge in [-0.05, 0) is 48.9 Å². The lowest BCUT2D eigenvalue weighted by molar-refractivity contribution is 0.624. The molecule has 5 rings (SSSR count). The molecular weight excluding hydrogens is 343 g/mol. The minimum atomic E-state index is -0.341. The van der Waals surface area contributed by atoms with E-state index in [0.29, 0.717) is 17.2 Å². The molecule has 7 heteroatoms. The van der Waals surface area contributed by atoms with Gasteiger partial charge in [0, 0.05) is 35.1 Å². The third-order valence-corrected chi connectivity index (χ3v) is 4.43. The number of aromatic amines is 1. The number of nitrogens with one attached hydrogen (secondary N) is 2. The van der Waals surface area contributed by atoms with Crippen molar-refractivity contribution in [1.82, 2.24) is 24.6 Å². The highest BCUT2D eigenvalue weighted by molar-refractivity contribution is 5.78. The number of aromatic nitrogens is 5. The Labute approximate surface area is 153 Å². The molecule has 0 aromatic carbocycles. The molecule has 0 aliphatic heterocycles. The van der Waals surface area contributed by atoms with Gasteiger partial charge in [-0.25, -0.2) is 13.9 Å². The average molecular weight is 358 g/mol. The zero-order valence-corrected chi connectivity index (χ0v) is 14.4. The molecule has 6 nitrogen and oxygen atoms in total. The molecule has 0 bridgehead atoms. The summed E-state index contributed by atoms with van der Waals surface area (Å²) in [4.78, 5) is 11.6. The molecular formula is C20H15FN6. The molecule has 132 valence electrons. The molecule has 0 saturated carbocycles. The van der Waals surface area contributed by atoms with Crippen molar-refractivity contribution in [3.8, 4) is 11.1 Å². The molecule has 0 aliphatic carbocycles. The average Bonchev–Trinajstić information content (AvgIpc) is 3.28. The van der Waals surface area contributed by atoms with Crippen molar-refractivity contribution >= 4 is 28.2 Å². The standard InChI is InChI=1S/C20H15FN6/c1-12-8-16(17(21)11-23-12)14-5-7-27-15(9-14)10-19(26-27)24-18-3-2-13-4-6-22-20(13)25-18/h2-11H,1H3,(H2,22,24,25,26). The molecule has 0 saturated heterocycles. The van der Waals surface area contributed by atoms with Gasteiger partial charge >= 0.3 is 0 Å². The second-order valence-electron chi connectivity index (χ2n) is 6.36. The van der Waals surface area contributed by atoms with Crippen molar-refractivity contribution in [3.05, 3.63) is 72.6 Å². The Balaban J connectivity index is 1.50. The van der Waals surface area contributed by atoms with Crippen LogP contribution >= 0.6 is 0 Å². The maximum atomic E-state index is 14.1. The lowest BCUT2D eigenvalue weighted by atomic mass is 10.1. The first kappa shape index (κ1) is 15.5. The van der Waals surface area contributed by atoms with Crippen molar-refractivity contribution in [2.75, 3.05) is 5.32 Å². The van der Waals surface area contributed by atoms with Gasteiger partial charge in [-0.15, -0.1) is 0 Å². The third kappa shape index (κ3) is 2.79. The molecule has 0 unspecified atom stereocenters. The van der Waals surface area contributed by atoms with Crippen molar-refractivity contribution < 1.29 is 4.39 Å². The second-order valence-corrected chi connectivity index (χ2v) is 6.36. The Morgan fingerprint density at radius 2 is 2.00 bits per heavy atom. The summed E-state index contributed by atoms with van der Waals surface area (Å²) in [6, 6.07) is 13.2. The number of rotatable bonds is 3. The van der Waals surface area contributed by atoms with E-state index >= 15 is 0 Å². The second kappa shape index (κ2) is 5.91. The van der Waals surface area contributed by atoms with E-state index in [1.54, 1.807) is 10.6 Å². The fraction of sp³-hybridized carbons (Fsp3) is 0.0500. The van der Waals surface area contributed by atoms with E-state index in [-0.39, 0.29) is 5.82 Å². The van der Waals surface area contributed by atoms with Crippen molar-refractivity contribution in [2.45, 2.75) is 6.92 Å². The number of halogens is 1. The zero-order chi connectivity index (χ0) is 18.4. The largest absolute Gasteiger partial charge is 0.346 e.